The number of morpholine rings is 1. The lowest BCUT2D eigenvalue weighted by molar-refractivity contribution is 0.114. The summed E-state index contributed by atoms with van der Waals surface area (Å²) < 4.78 is 12.7. The molecule has 1 amide bonds. The average molecular weight is 450 g/mol. The summed E-state index contributed by atoms with van der Waals surface area (Å²) in [5.74, 6) is 1.76. The standard InChI is InChI=1S/C20H28ClN7O3/c1-2-27-15(13-25-5-3-14(4-6-25)28-9-12-31-20(28)29)22-16-17(23-19(21)24-18(16)27)26-7-10-30-11-8-26/h14H,2-13H2,1H3. The number of aryl methyl sites for hydroxylation is 1. The summed E-state index contributed by atoms with van der Waals surface area (Å²) in [4.78, 5) is 32.3. The van der Waals surface area contributed by atoms with Crippen LogP contribution in [0.15, 0.2) is 0 Å². The van der Waals surface area contributed by atoms with Gasteiger partial charge in [-0.2, -0.15) is 9.97 Å². The third-order valence-electron chi connectivity index (χ3n) is 6.41. The average Bonchev–Trinajstić information content (AvgIpc) is 3.37. The minimum absolute atomic E-state index is 0.169. The number of cyclic esters (lactones) is 1. The Morgan fingerprint density at radius 1 is 1.03 bits per heavy atom. The normalized spacial score (nSPS) is 21.3. The lowest BCUT2D eigenvalue weighted by Gasteiger charge is -2.35. The summed E-state index contributed by atoms with van der Waals surface area (Å²) in [6.45, 7) is 9.53. The van der Waals surface area contributed by atoms with Gasteiger partial charge in [-0.3, -0.25) is 4.90 Å². The number of piperidine rings is 1. The molecule has 11 heteroatoms. The number of amides is 1. The van der Waals surface area contributed by atoms with Crippen LogP contribution in [0.25, 0.3) is 11.2 Å². The van der Waals surface area contributed by atoms with Crippen molar-refractivity contribution in [3.05, 3.63) is 11.1 Å². The molecule has 0 spiro atoms. The monoisotopic (exact) mass is 449 g/mol. The van der Waals surface area contributed by atoms with Crippen molar-refractivity contribution in [2.45, 2.75) is 38.9 Å². The van der Waals surface area contributed by atoms with Gasteiger partial charge in [0.1, 0.15) is 12.4 Å². The topological polar surface area (TPSA) is 88.9 Å². The van der Waals surface area contributed by atoms with Crippen molar-refractivity contribution in [2.75, 3.05) is 57.4 Å². The Bertz CT molecular complexity index is 954. The molecular formula is C20H28ClN7O3. The van der Waals surface area contributed by atoms with E-state index in [1.165, 1.54) is 0 Å². The minimum Gasteiger partial charge on any atom is -0.448 e. The molecule has 3 saturated heterocycles. The lowest BCUT2D eigenvalue weighted by atomic mass is 10.0. The number of carbonyl (C=O) groups is 1. The van der Waals surface area contributed by atoms with Gasteiger partial charge in [0.25, 0.3) is 0 Å². The number of imidazole rings is 1. The maximum atomic E-state index is 11.9. The Morgan fingerprint density at radius 3 is 2.48 bits per heavy atom. The fourth-order valence-corrected chi connectivity index (χ4v) is 4.94. The molecule has 5 heterocycles. The number of rotatable bonds is 5. The molecule has 0 N–H and O–H groups in total. The van der Waals surface area contributed by atoms with Crippen molar-refractivity contribution in [1.29, 1.82) is 0 Å². The highest BCUT2D eigenvalue weighted by Crippen LogP contribution is 2.28. The second kappa shape index (κ2) is 8.76. The van der Waals surface area contributed by atoms with E-state index in [9.17, 15) is 4.79 Å². The van der Waals surface area contributed by atoms with E-state index in [4.69, 9.17) is 26.1 Å². The number of likely N-dealkylation sites (tertiary alicyclic amines) is 1. The fraction of sp³-hybridized carbons (Fsp3) is 0.700. The summed E-state index contributed by atoms with van der Waals surface area (Å²) >= 11 is 6.29. The van der Waals surface area contributed by atoms with Crippen LogP contribution in [0.2, 0.25) is 5.28 Å². The van der Waals surface area contributed by atoms with Crippen molar-refractivity contribution in [2.24, 2.45) is 0 Å². The van der Waals surface area contributed by atoms with Crippen molar-refractivity contribution in [3.8, 4) is 0 Å². The molecule has 0 unspecified atom stereocenters. The molecule has 0 saturated carbocycles. The predicted molar refractivity (Wildman–Crippen MR) is 115 cm³/mol. The first-order valence-electron chi connectivity index (χ1n) is 11.0. The van der Waals surface area contributed by atoms with Gasteiger partial charge < -0.3 is 23.8 Å². The summed E-state index contributed by atoms with van der Waals surface area (Å²) in [5.41, 5.74) is 1.59. The largest absolute Gasteiger partial charge is 0.448 e. The zero-order valence-electron chi connectivity index (χ0n) is 17.8. The van der Waals surface area contributed by atoms with E-state index >= 15 is 0 Å². The molecule has 0 radical (unpaired) electrons. The van der Waals surface area contributed by atoms with Gasteiger partial charge in [0, 0.05) is 38.8 Å². The molecule has 5 rings (SSSR count). The number of aromatic nitrogens is 4. The molecule has 0 aromatic carbocycles. The summed E-state index contributed by atoms with van der Waals surface area (Å²) in [6.07, 6.45) is 1.73. The highest BCUT2D eigenvalue weighted by Gasteiger charge is 2.32. The van der Waals surface area contributed by atoms with Crippen LogP contribution >= 0.6 is 11.6 Å². The first-order valence-corrected chi connectivity index (χ1v) is 11.4. The Morgan fingerprint density at radius 2 is 1.81 bits per heavy atom. The van der Waals surface area contributed by atoms with Crippen molar-refractivity contribution in [3.63, 3.8) is 0 Å². The van der Waals surface area contributed by atoms with Gasteiger partial charge in [-0.25, -0.2) is 9.78 Å². The van der Waals surface area contributed by atoms with Crippen LogP contribution in [-0.2, 0) is 22.6 Å². The summed E-state index contributed by atoms with van der Waals surface area (Å²) in [5, 5.41) is 0.244. The van der Waals surface area contributed by atoms with E-state index in [0.29, 0.717) is 26.4 Å². The molecule has 0 aliphatic carbocycles. The number of fused-ring (bicyclic) bond motifs is 1. The number of anilines is 1. The maximum Gasteiger partial charge on any atom is 0.410 e. The summed E-state index contributed by atoms with van der Waals surface area (Å²) in [6, 6.07) is 0.272. The third kappa shape index (κ3) is 4.04. The number of carbonyl (C=O) groups excluding carboxylic acids is 1. The van der Waals surface area contributed by atoms with Crippen molar-refractivity contribution < 1.29 is 14.3 Å². The zero-order valence-corrected chi connectivity index (χ0v) is 18.6. The number of halogens is 1. The molecule has 0 atom stereocenters. The molecule has 10 nitrogen and oxygen atoms in total. The van der Waals surface area contributed by atoms with Gasteiger partial charge in [-0.15, -0.1) is 0 Å². The Labute approximate surface area is 186 Å². The molecule has 2 aromatic rings. The van der Waals surface area contributed by atoms with E-state index in [1.54, 1.807) is 0 Å². The van der Waals surface area contributed by atoms with Crippen molar-refractivity contribution >= 4 is 34.7 Å². The number of nitrogens with zero attached hydrogens (tertiary/aromatic N) is 7. The smallest absolute Gasteiger partial charge is 0.410 e. The van der Waals surface area contributed by atoms with Crippen LogP contribution in [0.3, 0.4) is 0 Å². The number of hydrogen-bond acceptors (Lipinski definition) is 8. The van der Waals surface area contributed by atoms with Crippen LogP contribution in [0.4, 0.5) is 10.6 Å². The lowest BCUT2D eigenvalue weighted by Crippen LogP contribution is -2.45. The van der Waals surface area contributed by atoms with E-state index in [-0.39, 0.29) is 17.4 Å². The van der Waals surface area contributed by atoms with Crippen LogP contribution in [0.1, 0.15) is 25.6 Å². The van der Waals surface area contributed by atoms with Crippen LogP contribution in [0.5, 0.6) is 0 Å². The molecule has 3 aliphatic heterocycles. The summed E-state index contributed by atoms with van der Waals surface area (Å²) in [7, 11) is 0. The van der Waals surface area contributed by atoms with Crippen LogP contribution in [0, 0.1) is 0 Å². The Hall–Kier alpha value is -2.17. The van der Waals surface area contributed by atoms with Gasteiger partial charge in [-0.05, 0) is 31.4 Å². The first kappa shape index (κ1) is 20.7. The predicted octanol–water partition coefficient (Wildman–Crippen LogP) is 1.75. The second-order valence-electron chi connectivity index (χ2n) is 8.18. The van der Waals surface area contributed by atoms with Crippen LogP contribution < -0.4 is 4.90 Å². The second-order valence-corrected chi connectivity index (χ2v) is 8.51. The van der Waals surface area contributed by atoms with E-state index in [1.807, 2.05) is 4.90 Å². The minimum atomic E-state index is -0.169. The molecular weight excluding hydrogens is 422 g/mol. The molecule has 3 fully saturated rings. The van der Waals surface area contributed by atoms with E-state index in [0.717, 1.165) is 74.9 Å². The van der Waals surface area contributed by atoms with Gasteiger partial charge >= 0.3 is 6.09 Å². The molecule has 168 valence electrons. The number of ether oxygens (including phenoxy) is 2. The molecule has 2 aromatic heterocycles. The Balaban J connectivity index is 1.36. The highest BCUT2D eigenvalue weighted by molar-refractivity contribution is 6.28. The SMILES string of the molecule is CCn1c(CN2CCC(N3CCOC3=O)CC2)nc2c(N3CCOCC3)nc(Cl)nc21. The third-order valence-corrected chi connectivity index (χ3v) is 6.58. The Kier molecular flexibility index (Phi) is 5.85. The van der Waals surface area contributed by atoms with E-state index in [2.05, 4.69) is 31.3 Å². The highest BCUT2D eigenvalue weighted by atomic mass is 35.5. The maximum absolute atomic E-state index is 11.9. The van der Waals surface area contributed by atoms with Gasteiger partial charge in [0.15, 0.2) is 17.0 Å². The van der Waals surface area contributed by atoms with Gasteiger partial charge in [-0.1, -0.05) is 0 Å². The van der Waals surface area contributed by atoms with Gasteiger partial charge in [0.05, 0.1) is 26.3 Å². The zero-order chi connectivity index (χ0) is 21.4. The fourth-order valence-electron chi connectivity index (χ4n) is 4.78. The molecule has 0 bridgehead atoms. The van der Waals surface area contributed by atoms with E-state index < -0.39 is 0 Å². The number of hydrogen-bond donors (Lipinski definition) is 0. The molecule has 31 heavy (non-hydrogen) atoms. The quantitative estimate of drug-likeness (QED) is 0.638. The molecule has 3 aliphatic rings. The first-order chi connectivity index (χ1) is 15.1. The van der Waals surface area contributed by atoms with Gasteiger partial charge in [0.2, 0.25) is 5.28 Å². The van der Waals surface area contributed by atoms with Crippen LogP contribution in [-0.4, -0.2) is 94.0 Å². The van der Waals surface area contributed by atoms with Crippen molar-refractivity contribution in [1.82, 2.24) is 29.3 Å².